The topological polar surface area (TPSA) is 141 Å². The van der Waals surface area contributed by atoms with E-state index in [0.29, 0.717) is 36.8 Å². The standard InChI is InChI=1S/C33H40N6O4/c1-32(2,3)18-19-35-38-31(41)33(22-24-10-5-4-6-11-24)29(28-13-8-7-12-26(28)23-36-39-34)43-30(37-33)25-14-16-27(17-15-25)42-21-9-20-40/h4-8,10-17,29,35,40H,9,18-23H2,1-3H3,(H,38,41)/t29-,33-/m0/s1. The Bertz CT molecular complexity index is 1430. The summed E-state index contributed by atoms with van der Waals surface area (Å²) in [6.45, 7) is 7.59. The number of aliphatic hydroxyl groups excluding tert-OH is 1. The van der Waals surface area contributed by atoms with Gasteiger partial charge >= 0.3 is 0 Å². The van der Waals surface area contributed by atoms with E-state index in [1.807, 2.05) is 78.9 Å². The molecular weight excluding hydrogens is 544 g/mol. The first kappa shape index (κ1) is 31.6. The number of aliphatic imine (C=N–C) groups is 1. The number of ether oxygens (including phenoxy) is 2. The molecule has 226 valence electrons. The molecule has 0 saturated heterocycles. The molecule has 0 radical (unpaired) electrons. The Morgan fingerprint density at radius 3 is 2.51 bits per heavy atom. The molecule has 4 rings (SSSR count). The van der Waals surface area contributed by atoms with Crippen LogP contribution in [-0.4, -0.2) is 42.2 Å². The molecule has 3 N–H and O–H groups in total. The van der Waals surface area contributed by atoms with Crippen LogP contribution in [0.2, 0.25) is 0 Å². The van der Waals surface area contributed by atoms with Crippen molar-refractivity contribution in [1.29, 1.82) is 0 Å². The van der Waals surface area contributed by atoms with Crippen LogP contribution in [0.1, 0.15) is 62.0 Å². The highest BCUT2D eigenvalue weighted by Gasteiger charge is 2.53. The fourth-order valence-electron chi connectivity index (χ4n) is 4.90. The van der Waals surface area contributed by atoms with E-state index in [1.54, 1.807) is 0 Å². The molecule has 10 heteroatoms. The molecule has 3 aromatic rings. The number of azide groups is 1. The second-order valence-corrected chi connectivity index (χ2v) is 11.7. The van der Waals surface area contributed by atoms with Gasteiger partial charge in [0.25, 0.3) is 5.91 Å². The van der Waals surface area contributed by atoms with E-state index in [0.717, 1.165) is 23.1 Å². The van der Waals surface area contributed by atoms with Gasteiger partial charge in [-0.2, -0.15) is 0 Å². The molecule has 10 nitrogen and oxygen atoms in total. The van der Waals surface area contributed by atoms with Crippen molar-refractivity contribution in [2.24, 2.45) is 15.5 Å². The number of nitrogens with zero attached hydrogens (tertiary/aromatic N) is 4. The lowest BCUT2D eigenvalue weighted by Gasteiger charge is -2.32. The van der Waals surface area contributed by atoms with Crippen LogP contribution in [0.3, 0.4) is 0 Å². The van der Waals surface area contributed by atoms with E-state index < -0.39 is 11.6 Å². The first-order valence-corrected chi connectivity index (χ1v) is 14.5. The highest BCUT2D eigenvalue weighted by Crippen LogP contribution is 2.43. The summed E-state index contributed by atoms with van der Waals surface area (Å²) < 4.78 is 12.3. The van der Waals surface area contributed by atoms with Crippen LogP contribution in [0.4, 0.5) is 0 Å². The molecule has 0 fully saturated rings. The van der Waals surface area contributed by atoms with Gasteiger partial charge in [0.05, 0.1) is 13.2 Å². The van der Waals surface area contributed by atoms with Gasteiger partial charge in [0, 0.05) is 36.5 Å². The third kappa shape index (κ3) is 8.35. The lowest BCUT2D eigenvalue weighted by atomic mass is 9.81. The van der Waals surface area contributed by atoms with E-state index >= 15 is 0 Å². The van der Waals surface area contributed by atoms with Crippen molar-refractivity contribution in [3.8, 4) is 5.75 Å². The summed E-state index contributed by atoms with van der Waals surface area (Å²) in [5.74, 6) is 0.655. The Labute approximate surface area is 252 Å². The van der Waals surface area contributed by atoms with E-state index in [-0.39, 0.29) is 30.9 Å². The van der Waals surface area contributed by atoms with E-state index in [2.05, 4.69) is 41.6 Å². The first-order valence-electron chi connectivity index (χ1n) is 14.5. The summed E-state index contributed by atoms with van der Waals surface area (Å²) in [6.07, 6.45) is 0.857. The third-order valence-corrected chi connectivity index (χ3v) is 7.19. The van der Waals surface area contributed by atoms with Gasteiger partial charge in [-0.05, 0) is 58.3 Å². The quantitative estimate of drug-likeness (QED) is 0.0720. The molecule has 0 aromatic heterocycles. The Hall–Kier alpha value is -4.37. The van der Waals surface area contributed by atoms with Gasteiger partial charge < -0.3 is 14.6 Å². The van der Waals surface area contributed by atoms with Crippen molar-refractivity contribution < 1.29 is 19.4 Å². The maximum atomic E-state index is 14.3. The number of carbonyl (C=O) groups is 1. The van der Waals surface area contributed by atoms with Gasteiger partial charge in [0.15, 0.2) is 11.6 Å². The van der Waals surface area contributed by atoms with Crippen LogP contribution in [-0.2, 0) is 22.5 Å². The molecule has 0 bridgehead atoms. The van der Waals surface area contributed by atoms with Crippen molar-refractivity contribution >= 4 is 11.8 Å². The minimum absolute atomic E-state index is 0.0574. The van der Waals surface area contributed by atoms with Gasteiger partial charge in [0.2, 0.25) is 5.90 Å². The Morgan fingerprint density at radius 1 is 1.09 bits per heavy atom. The zero-order valence-corrected chi connectivity index (χ0v) is 25.0. The van der Waals surface area contributed by atoms with Gasteiger partial charge in [-0.1, -0.05) is 80.5 Å². The second kappa shape index (κ2) is 14.7. The smallest absolute Gasteiger partial charge is 0.266 e. The molecule has 0 spiro atoms. The molecule has 3 aromatic carbocycles. The molecule has 43 heavy (non-hydrogen) atoms. The normalized spacial score (nSPS) is 17.9. The number of hydrogen-bond acceptors (Lipinski definition) is 7. The number of nitrogens with one attached hydrogen (secondary N) is 2. The molecule has 1 aliphatic rings. The fraction of sp³-hybridized carbons (Fsp3) is 0.394. The van der Waals surface area contributed by atoms with Crippen molar-refractivity contribution in [1.82, 2.24) is 10.9 Å². The minimum Gasteiger partial charge on any atom is -0.494 e. The first-order chi connectivity index (χ1) is 20.8. The summed E-state index contributed by atoms with van der Waals surface area (Å²) >= 11 is 0. The maximum Gasteiger partial charge on any atom is 0.266 e. The Balaban J connectivity index is 1.77. The van der Waals surface area contributed by atoms with E-state index in [9.17, 15) is 4.79 Å². The predicted octanol–water partition coefficient (Wildman–Crippen LogP) is 5.81. The van der Waals surface area contributed by atoms with Crippen LogP contribution < -0.4 is 15.6 Å². The zero-order chi connectivity index (χ0) is 30.7. The van der Waals surface area contributed by atoms with Crippen molar-refractivity contribution in [2.45, 2.75) is 58.2 Å². The number of benzene rings is 3. The molecule has 0 aliphatic carbocycles. The largest absolute Gasteiger partial charge is 0.494 e. The molecular formula is C33H40N6O4. The van der Waals surface area contributed by atoms with Gasteiger partial charge in [-0.3, -0.25) is 10.2 Å². The molecule has 0 saturated carbocycles. The Kier molecular flexibility index (Phi) is 10.8. The Morgan fingerprint density at radius 2 is 1.81 bits per heavy atom. The monoisotopic (exact) mass is 584 g/mol. The van der Waals surface area contributed by atoms with Crippen molar-refractivity contribution in [2.75, 3.05) is 19.8 Å². The SMILES string of the molecule is CC(C)(C)CCNNC(=O)[C@@]1(Cc2ccccc2)N=C(c2ccc(OCCCO)cc2)O[C@H]1c1ccccc1CN=[N+]=[N-]. The molecule has 0 unspecified atom stereocenters. The van der Waals surface area contributed by atoms with E-state index in [4.69, 9.17) is 25.1 Å². The highest BCUT2D eigenvalue weighted by molar-refractivity contribution is 6.01. The summed E-state index contributed by atoms with van der Waals surface area (Å²) in [5.41, 5.74) is 16.9. The molecule has 2 atom stereocenters. The number of rotatable bonds is 14. The van der Waals surface area contributed by atoms with Gasteiger partial charge in [-0.25, -0.2) is 10.4 Å². The van der Waals surface area contributed by atoms with Crippen LogP contribution in [0, 0.1) is 5.41 Å². The minimum atomic E-state index is -1.38. The average molecular weight is 585 g/mol. The van der Waals surface area contributed by atoms with Crippen molar-refractivity contribution in [3.05, 3.63) is 112 Å². The summed E-state index contributed by atoms with van der Waals surface area (Å²) in [4.78, 5) is 22.3. The summed E-state index contributed by atoms with van der Waals surface area (Å²) in [6, 6.07) is 24.6. The highest BCUT2D eigenvalue weighted by atomic mass is 16.5. The number of carbonyl (C=O) groups excluding carboxylic acids is 1. The molecule has 1 aliphatic heterocycles. The molecule has 1 heterocycles. The molecule has 1 amide bonds. The zero-order valence-electron chi connectivity index (χ0n) is 25.0. The number of amides is 1. The van der Waals surface area contributed by atoms with Crippen LogP contribution >= 0.6 is 0 Å². The maximum absolute atomic E-state index is 14.3. The number of hydrogen-bond donors (Lipinski definition) is 3. The van der Waals surface area contributed by atoms with Gasteiger partial charge in [-0.15, -0.1) is 0 Å². The van der Waals surface area contributed by atoms with Crippen LogP contribution in [0.15, 0.2) is 89.0 Å². The van der Waals surface area contributed by atoms with Crippen LogP contribution in [0.25, 0.3) is 10.4 Å². The number of aliphatic hydroxyl groups is 1. The predicted molar refractivity (Wildman–Crippen MR) is 166 cm³/mol. The number of hydrazine groups is 1. The summed E-state index contributed by atoms with van der Waals surface area (Å²) in [5, 5.41) is 12.8. The van der Waals surface area contributed by atoms with Crippen LogP contribution in [0.5, 0.6) is 5.75 Å². The third-order valence-electron chi connectivity index (χ3n) is 7.19. The lowest BCUT2D eigenvalue weighted by Crippen LogP contribution is -2.54. The van der Waals surface area contributed by atoms with E-state index in [1.165, 1.54) is 0 Å². The second-order valence-electron chi connectivity index (χ2n) is 11.7. The summed E-state index contributed by atoms with van der Waals surface area (Å²) in [7, 11) is 0. The van der Waals surface area contributed by atoms with Gasteiger partial charge in [0.1, 0.15) is 5.75 Å². The lowest BCUT2D eigenvalue weighted by molar-refractivity contribution is -0.130. The fourth-order valence-corrected chi connectivity index (χ4v) is 4.90. The van der Waals surface area contributed by atoms with Crippen molar-refractivity contribution in [3.63, 3.8) is 0 Å². The average Bonchev–Trinajstić information content (AvgIpc) is 3.39.